The number of carbonyl (C=O) groups is 1. The molecule has 1 aromatic heterocycles. The minimum atomic E-state index is -0.182. The lowest BCUT2D eigenvalue weighted by atomic mass is 10.1. The Bertz CT molecular complexity index is 298. The third kappa shape index (κ3) is 1.50. The number of aldehydes is 1. The quantitative estimate of drug-likeness (QED) is 0.630. The first kappa shape index (κ1) is 9.26. The van der Waals surface area contributed by atoms with Gasteiger partial charge in [-0.05, 0) is 20.8 Å². The van der Waals surface area contributed by atoms with Crippen LogP contribution in [0.25, 0.3) is 0 Å². The van der Waals surface area contributed by atoms with Gasteiger partial charge in [-0.1, -0.05) is 11.6 Å². The molecule has 0 unspecified atom stereocenters. The van der Waals surface area contributed by atoms with E-state index in [1.54, 1.807) is 4.68 Å². The molecule has 0 N–H and O–H groups in total. The predicted octanol–water partition coefficient (Wildman–Crippen LogP) is 2.10. The SMILES string of the molecule is CC(C)(C)n1ncc(C=O)c1Cl. The fraction of sp³-hybridized carbons (Fsp3) is 0.500. The maximum absolute atomic E-state index is 10.4. The topological polar surface area (TPSA) is 34.9 Å². The molecule has 1 rings (SSSR count). The highest BCUT2D eigenvalue weighted by Crippen LogP contribution is 2.21. The highest BCUT2D eigenvalue weighted by atomic mass is 35.5. The van der Waals surface area contributed by atoms with Gasteiger partial charge < -0.3 is 0 Å². The molecule has 0 amide bonds. The van der Waals surface area contributed by atoms with Crippen LogP contribution < -0.4 is 0 Å². The zero-order valence-corrected chi connectivity index (χ0v) is 8.09. The van der Waals surface area contributed by atoms with Crippen molar-refractivity contribution < 1.29 is 4.79 Å². The van der Waals surface area contributed by atoms with Gasteiger partial charge in [0.2, 0.25) is 0 Å². The molecular formula is C8H11ClN2O. The molecule has 0 radical (unpaired) electrons. The third-order valence-corrected chi connectivity index (χ3v) is 1.88. The summed E-state index contributed by atoms with van der Waals surface area (Å²) < 4.78 is 1.62. The summed E-state index contributed by atoms with van der Waals surface area (Å²) in [5, 5.41) is 4.41. The molecule has 0 saturated carbocycles. The van der Waals surface area contributed by atoms with Gasteiger partial charge in [0.25, 0.3) is 0 Å². The summed E-state index contributed by atoms with van der Waals surface area (Å²) in [5.41, 5.74) is 0.254. The summed E-state index contributed by atoms with van der Waals surface area (Å²) in [6.07, 6.45) is 2.18. The van der Waals surface area contributed by atoms with Gasteiger partial charge in [-0.25, -0.2) is 4.68 Å². The summed E-state index contributed by atoms with van der Waals surface area (Å²) >= 11 is 5.88. The van der Waals surface area contributed by atoms with E-state index >= 15 is 0 Å². The van der Waals surface area contributed by atoms with Gasteiger partial charge in [-0.15, -0.1) is 0 Å². The van der Waals surface area contributed by atoms with E-state index in [1.165, 1.54) is 6.20 Å². The van der Waals surface area contributed by atoms with Crippen LogP contribution in [0.2, 0.25) is 5.15 Å². The van der Waals surface area contributed by atoms with Crippen LogP contribution in [0.3, 0.4) is 0 Å². The molecule has 12 heavy (non-hydrogen) atoms. The molecule has 0 aromatic carbocycles. The van der Waals surface area contributed by atoms with Gasteiger partial charge in [0, 0.05) is 0 Å². The maximum atomic E-state index is 10.4. The second kappa shape index (κ2) is 2.90. The first-order chi connectivity index (χ1) is 5.46. The van der Waals surface area contributed by atoms with E-state index in [2.05, 4.69) is 5.10 Å². The highest BCUT2D eigenvalue weighted by Gasteiger charge is 2.18. The number of halogens is 1. The van der Waals surface area contributed by atoms with Crippen molar-refractivity contribution in [1.82, 2.24) is 9.78 Å². The van der Waals surface area contributed by atoms with E-state index in [9.17, 15) is 4.79 Å². The normalized spacial score (nSPS) is 11.7. The van der Waals surface area contributed by atoms with Gasteiger partial charge in [-0.2, -0.15) is 5.10 Å². The number of nitrogens with zero attached hydrogens (tertiary/aromatic N) is 2. The number of rotatable bonds is 1. The summed E-state index contributed by atoms with van der Waals surface area (Å²) in [5.74, 6) is 0. The lowest BCUT2D eigenvalue weighted by Crippen LogP contribution is -2.23. The van der Waals surface area contributed by atoms with E-state index < -0.39 is 0 Å². The standard InChI is InChI=1S/C8H11ClN2O/c1-8(2,3)11-7(9)6(5-12)4-10-11/h4-5H,1-3H3. The van der Waals surface area contributed by atoms with Gasteiger partial charge >= 0.3 is 0 Å². The van der Waals surface area contributed by atoms with Gasteiger partial charge in [-0.3, -0.25) is 4.79 Å². The molecule has 66 valence electrons. The fourth-order valence-electron chi connectivity index (χ4n) is 0.893. The van der Waals surface area contributed by atoms with Gasteiger partial charge in [0.05, 0.1) is 17.3 Å². The molecule has 0 fully saturated rings. The van der Waals surface area contributed by atoms with Crippen molar-refractivity contribution in [2.24, 2.45) is 0 Å². The molecule has 1 aromatic rings. The number of carbonyl (C=O) groups excluding carboxylic acids is 1. The van der Waals surface area contributed by atoms with Crippen LogP contribution in [-0.2, 0) is 5.54 Å². The van der Waals surface area contributed by atoms with Crippen LogP contribution in [0, 0.1) is 0 Å². The molecule has 0 aliphatic rings. The average molecular weight is 187 g/mol. The first-order valence-electron chi connectivity index (χ1n) is 3.66. The molecule has 0 bridgehead atoms. The third-order valence-electron chi connectivity index (χ3n) is 1.50. The van der Waals surface area contributed by atoms with Crippen molar-refractivity contribution in [2.45, 2.75) is 26.3 Å². The molecule has 0 atom stereocenters. The van der Waals surface area contributed by atoms with E-state index in [0.717, 1.165) is 0 Å². The largest absolute Gasteiger partial charge is 0.298 e. The highest BCUT2D eigenvalue weighted by molar-refractivity contribution is 6.31. The van der Waals surface area contributed by atoms with Crippen molar-refractivity contribution in [1.29, 1.82) is 0 Å². The Morgan fingerprint density at radius 1 is 1.58 bits per heavy atom. The Balaban J connectivity index is 3.19. The van der Waals surface area contributed by atoms with Crippen LogP contribution in [0.4, 0.5) is 0 Å². The van der Waals surface area contributed by atoms with Gasteiger partial charge in [0.1, 0.15) is 5.15 Å². The first-order valence-corrected chi connectivity index (χ1v) is 4.04. The minimum absolute atomic E-state index is 0.182. The summed E-state index contributed by atoms with van der Waals surface area (Å²) in [6.45, 7) is 5.92. The minimum Gasteiger partial charge on any atom is -0.298 e. The zero-order chi connectivity index (χ0) is 9.35. The van der Waals surface area contributed by atoms with Crippen molar-refractivity contribution in [3.8, 4) is 0 Å². The monoisotopic (exact) mass is 186 g/mol. The van der Waals surface area contributed by atoms with Crippen LogP contribution >= 0.6 is 11.6 Å². The molecule has 0 spiro atoms. The Kier molecular flexibility index (Phi) is 2.24. The van der Waals surface area contributed by atoms with E-state index in [1.807, 2.05) is 20.8 Å². The van der Waals surface area contributed by atoms with Crippen molar-refractivity contribution in [3.05, 3.63) is 16.9 Å². The van der Waals surface area contributed by atoms with Crippen molar-refractivity contribution >= 4 is 17.9 Å². The number of aromatic nitrogens is 2. The van der Waals surface area contributed by atoms with Crippen LogP contribution in [0.1, 0.15) is 31.1 Å². The Morgan fingerprint density at radius 2 is 2.17 bits per heavy atom. The molecule has 0 aliphatic carbocycles. The lowest BCUT2D eigenvalue weighted by molar-refractivity contribution is 0.112. The van der Waals surface area contributed by atoms with E-state index in [-0.39, 0.29) is 5.54 Å². The van der Waals surface area contributed by atoms with Gasteiger partial charge in [0.15, 0.2) is 6.29 Å². The van der Waals surface area contributed by atoms with Crippen molar-refractivity contribution in [2.75, 3.05) is 0 Å². The molecule has 0 saturated heterocycles. The molecule has 3 nitrogen and oxygen atoms in total. The summed E-state index contributed by atoms with van der Waals surface area (Å²) in [7, 11) is 0. The maximum Gasteiger partial charge on any atom is 0.154 e. The second-order valence-corrected chi connectivity index (χ2v) is 3.95. The zero-order valence-electron chi connectivity index (χ0n) is 7.34. The van der Waals surface area contributed by atoms with Crippen LogP contribution in [-0.4, -0.2) is 16.1 Å². The van der Waals surface area contributed by atoms with Crippen molar-refractivity contribution in [3.63, 3.8) is 0 Å². The number of hydrogen-bond donors (Lipinski definition) is 0. The number of hydrogen-bond acceptors (Lipinski definition) is 2. The predicted molar refractivity (Wildman–Crippen MR) is 47.6 cm³/mol. The summed E-state index contributed by atoms with van der Waals surface area (Å²) in [6, 6.07) is 0. The van der Waals surface area contributed by atoms with E-state index in [4.69, 9.17) is 11.6 Å². The molecule has 1 heterocycles. The van der Waals surface area contributed by atoms with Crippen LogP contribution in [0.15, 0.2) is 6.20 Å². The lowest BCUT2D eigenvalue weighted by Gasteiger charge is -2.20. The second-order valence-electron chi connectivity index (χ2n) is 3.59. The Hall–Kier alpha value is -0.830. The van der Waals surface area contributed by atoms with Crippen LogP contribution in [0.5, 0.6) is 0 Å². The smallest absolute Gasteiger partial charge is 0.154 e. The Labute approximate surface area is 76.3 Å². The average Bonchev–Trinajstić information content (AvgIpc) is 2.29. The molecule has 4 heteroatoms. The summed E-state index contributed by atoms with van der Waals surface area (Å²) in [4.78, 5) is 10.4. The fourth-order valence-corrected chi connectivity index (χ4v) is 1.28. The molecule has 0 aliphatic heterocycles. The van der Waals surface area contributed by atoms with E-state index in [0.29, 0.717) is 17.0 Å². The Morgan fingerprint density at radius 3 is 2.42 bits per heavy atom. The molecular weight excluding hydrogens is 176 g/mol.